The summed E-state index contributed by atoms with van der Waals surface area (Å²) in [5.41, 5.74) is 0. The maximum absolute atomic E-state index is 12.5. The van der Waals surface area contributed by atoms with Crippen molar-refractivity contribution in [3.8, 4) is 0 Å². The minimum atomic E-state index is -1.25. The van der Waals surface area contributed by atoms with Crippen molar-refractivity contribution in [2.45, 2.75) is 308 Å². The summed E-state index contributed by atoms with van der Waals surface area (Å²) >= 11 is 0. The van der Waals surface area contributed by atoms with Gasteiger partial charge in [0.1, 0.15) is 12.2 Å². The van der Waals surface area contributed by atoms with Crippen molar-refractivity contribution >= 4 is 5.91 Å². The van der Waals surface area contributed by atoms with Gasteiger partial charge in [0.15, 0.2) is 0 Å². The maximum Gasteiger partial charge on any atom is 0.249 e. The van der Waals surface area contributed by atoms with Gasteiger partial charge in [-0.25, -0.2) is 0 Å². The molecule has 56 heavy (non-hydrogen) atoms. The van der Waals surface area contributed by atoms with Crippen molar-refractivity contribution in [2.75, 3.05) is 6.61 Å². The second-order valence-electron chi connectivity index (χ2n) is 17.9. The van der Waals surface area contributed by atoms with Crippen molar-refractivity contribution in [3.63, 3.8) is 0 Å². The molecule has 4 atom stereocenters. The van der Waals surface area contributed by atoms with Crippen LogP contribution in [0, 0.1) is 0 Å². The minimum Gasteiger partial charge on any atom is -0.394 e. The van der Waals surface area contributed by atoms with Crippen LogP contribution in [0.3, 0.4) is 0 Å². The fourth-order valence-electron chi connectivity index (χ4n) is 8.29. The first-order valence-electron chi connectivity index (χ1n) is 25.4. The number of nitrogens with one attached hydrogen (secondary N) is 1. The molecule has 0 saturated carbocycles. The first kappa shape index (κ1) is 55.3. The Hall–Kier alpha value is -0.690. The molecule has 0 aromatic carbocycles. The Labute approximate surface area is 350 Å². The third kappa shape index (κ3) is 38.8. The molecule has 1 amide bonds. The van der Waals surface area contributed by atoms with Gasteiger partial charge in [0.25, 0.3) is 0 Å². The number of aliphatic hydroxyl groups is 4. The van der Waals surface area contributed by atoms with E-state index in [2.05, 4.69) is 19.2 Å². The summed E-state index contributed by atoms with van der Waals surface area (Å²) in [6.07, 6.45) is 50.0. The number of amides is 1. The van der Waals surface area contributed by atoms with Crippen LogP contribution in [0.25, 0.3) is 0 Å². The van der Waals surface area contributed by atoms with Crippen LogP contribution in [0.1, 0.15) is 284 Å². The summed E-state index contributed by atoms with van der Waals surface area (Å²) in [6, 6.07) is -0.979. The van der Waals surface area contributed by atoms with Crippen LogP contribution >= 0.6 is 0 Å². The van der Waals surface area contributed by atoms with E-state index < -0.39 is 36.9 Å². The molecule has 336 valence electrons. The third-order valence-electron chi connectivity index (χ3n) is 12.3. The zero-order valence-electron chi connectivity index (χ0n) is 37.9. The largest absolute Gasteiger partial charge is 0.394 e. The van der Waals surface area contributed by atoms with Crippen LogP contribution in [-0.4, -0.2) is 57.3 Å². The monoisotopic (exact) mass is 796 g/mol. The molecule has 0 fully saturated rings. The SMILES string of the molecule is CCCCCCCCCCCCCCCCCCCCCCCCC(O)C(O)C(CO)NC(=O)C(O)CCCCCCCCCCCCCCCCCCCC. The Morgan fingerprint density at radius 3 is 0.857 bits per heavy atom. The van der Waals surface area contributed by atoms with Gasteiger partial charge in [-0.3, -0.25) is 4.79 Å². The molecule has 0 aliphatic rings. The van der Waals surface area contributed by atoms with Gasteiger partial charge in [-0.15, -0.1) is 0 Å². The number of carbonyl (C=O) groups is 1. The maximum atomic E-state index is 12.5. The van der Waals surface area contributed by atoms with Gasteiger partial charge in [-0.05, 0) is 12.8 Å². The van der Waals surface area contributed by atoms with Crippen LogP contribution in [0.2, 0.25) is 0 Å². The summed E-state index contributed by atoms with van der Waals surface area (Å²) in [5, 5.41) is 43.9. The average Bonchev–Trinajstić information content (AvgIpc) is 3.20. The highest BCUT2D eigenvalue weighted by Gasteiger charge is 2.28. The molecule has 0 saturated heterocycles. The lowest BCUT2D eigenvalue weighted by atomic mass is 9.99. The van der Waals surface area contributed by atoms with E-state index in [0.29, 0.717) is 12.8 Å². The van der Waals surface area contributed by atoms with E-state index in [1.807, 2.05) is 0 Å². The third-order valence-corrected chi connectivity index (χ3v) is 12.3. The zero-order chi connectivity index (χ0) is 41.0. The van der Waals surface area contributed by atoms with Crippen LogP contribution < -0.4 is 5.32 Å². The van der Waals surface area contributed by atoms with E-state index in [-0.39, 0.29) is 0 Å². The first-order valence-corrected chi connectivity index (χ1v) is 25.4. The van der Waals surface area contributed by atoms with Crippen molar-refractivity contribution in [1.82, 2.24) is 5.32 Å². The minimum absolute atomic E-state index is 0.376. The molecule has 0 aliphatic heterocycles. The van der Waals surface area contributed by atoms with E-state index >= 15 is 0 Å². The van der Waals surface area contributed by atoms with Gasteiger partial charge in [0, 0.05) is 0 Å². The Kier molecular flexibility index (Phi) is 44.8. The molecule has 0 bridgehead atoms. The van der Waals surface area contributed by atoms with Crippen molar-refractivity contribution in [3.05, 3.63) is 0 Å². The summed E-state index contributed by atoms with van der Waals surface area (Å²) in [7, 11) is 0. The Morgan fingerprint density at radius 2 is 0.607 bits per heavy atom. The fourth-order valence-corrected chi connectivity index (χ4v) is 8.29. The zero-order valence-corrected chi connectivity index (χ0v) is 37.9. The quantitative estimate of drug-likeness (QED) is 0.0394. The summed E-state index contributed by atoms with van der Waals surface area (Å²) in [6.45, 7) is 4.09. The van der Waals surface area contributed by atoms with E-state index in [4.69, 9.17) is 0 Å². The molecule has 6 heteroatoms. The van der Waals surface area contributed by atoms with Gasteiger partial charge in [-0.2, -0.15) is 0 Å². The molecular formula is C50H101NO5. The molecular weight excluding hydrogens is 695 g/mol. The summed E-state index contributed by atoms with van der Waals surface area (Å²) in [4.78, 5) is 12.5. The van der Waals surface area contributed by atoms with Crippen molar-refractivity contribution in [1.29, 1.82) is 0 Å². The molecule has 0 aromatic rings. The second-order valence-corrected chi connectivity index (χ2v) is 17.9. The molecule has 0 heterocycles. The van der Waals surface area contributed by atoms with E-state index in [1.165, 1.54) is 218 Å². The topological polar surface area (TPSA) is 110 Å². The fraction of sp³-hybridized carbons (Fsp3) is 0.980. The van der Waals surface area contributed by atoms with E-state index in [9.17, 15) is 25.2 Å². The number of carbonyl (C=O) groups excluding carboxylic acids is 1. The molecule has 0 aromatic heterocycles. The van der Waals surface area contributed by atoms with E-state index in [0.717, 1.165) is 38.5 Å². The predicted octanol–water partition coefficient (Wildman–Crippen LogP) is 14.0. The molecule has 0 aliphatic carbocycles. The summed E-state index contributed by atoms with van der Waals surface area (Å²) in [5.74, 6) is -0.577. The van der Waals surface area contributed by atoms with Gasteiger partial charge >= 0.3 is 0 Å². The van der Waals surface area contributed by atoms with Gasteiger partial charge in [0.05, 0.1) is 18.8 Å². The lowest BCUT2D eigenvalue weighted by Gasteiger charge is -2.27. The molecule has 6 nitrogen and oxygen atoms in total. The van der Waals surface area contributed by atoms with Gasteiger partial charge in [0.2, 0.25) is 5.91 Å². The van der Waals surface area contributed by atoms with Crippen molar-refractivity contribution in [2.24, 2.45) is 0 Å². The highest BCUT2D eigenvalue weighted by molar-refractivity contribution is 5.80. The van der Waals surface area contributed by atoms with Crippen LogP contribution in [0.4, 0.5) is 0 Å². The number of rotatable bonds is 47. The van der Waals surface area contributed by atoms with Crippen molar-refractivity contribution < 1.29 is 25.2 Å². The predicted molar refractivity (Wildman–Crippen MR) is 242 cm³/mol. The Balaban J connectivity index is 3.63. The van der Waals surface area contributed by atoms with E-state index in [1.54, 1.807) is 0 Å². The van der Waals surface area contributed by atoms with Crippen LogP contribution in [-0.2, 0) is 4.79 Å². The second kappa shape index (κ2) is 45.4. The smallest absolute Gasteiger partial charge is 0.249 e. The molecule has 0 radical (unpaired) electrons. The van der Waals surface area contributed by atoms with Gasteiger partial charge in [-0.1, -0.05) is 271 Å². The standard InChI is InChI=1S/C50H101NO5/c1-3-5-7-9-11-13-15-17-19-21-23-24-25-26-28-29-31-33-35-37-39-41-43-47(53)49(55)46(45-52)51-50(56)48(54)44-42-40-38-36-34-32-30-27-22-20-18-16-14-12-10-8-6-4-2/h46-49,52-55H,3-45H2,1-2H3,(H,51,56). The Bertz CT molecular complexity index is 766. The number of hydrogen-bond acceptors (Lipinski definition) is 5. The molecule has 0 rings (SSSR count). The first-order chi connectivity index (χ1) is 27.5. The van der Waals surface area contributed by atoms with Crippen LogP contribution in [0.5, 0.6) is 0 Å². The highest BCUT2D eigenvalue weighted by Crippen LogP contribution is 2.18. The normalized spacial score (nSPS) is 13.9. The Morgan fingerprint density at radius 1 is 0.375 bits per heavy atom. The summed E-state index contributed by atoms with van der Waals surface area (Å²) < 4.78 is 0. The lowest BCUT2D eigenvalue weighted by Crippen LogP contribution is -2.53. The molecule has 4 unspecified atom stereocenters. The highest BCUT2D eigenvalue weighted by atomic mass is 16.3. The lowest BCUT2D eigenvalue weighted by molar-refractivity contribution is -0.132. The molecule has 0 spiro atoms. The molecule has 5 N–H and O–H groups in total. The van der Waals surface area contributed by atoms with Crippen LogP contribution in [0.15, 0.2) is 0 Å². The average molecular weight is 796 g/mol. The van der Waals surface area contributed by atoms with Gasteiger partial charge < -0.3 is 25.7 Å². The number of aliphatic hydroxyl groups excluding tert-OH is 4. The number of unbranched alkanes of at least 4 members (excludes halogenated alkanes) is 38. The number of hydrogen-bond donors (Lipinski definition) is 5.